The Morgan fingerprint density at radius 3 is 2.63 bits per heavy atom. The first-order valence-electron chi connectivity index (χ1n) is 11.6. The molecule has 0 aliphatic heterocycles. The minimum absolute atomic E-state index is 0.371. The number of benzene rings is 3. The lowest BCUT2D eigenvalue weighted by Gasteiger charge is -2.18. The normalized spacial score (nSPS) is 12.0. The number of fused-ring (bicyclic) bond motifs is 1. The predicted octanol–water partition coefficient (Wildman–Crippen LogP) is 6.00. The summed E-state index contributed by atoms with van der Waals surface area (Å²) >= 11 is 3.62. The number of ether oxygens (including phenoxy) is 2. The minimum atomic E-state index is -0.891. The van der Waals surface area contributed by atoms with Crippen molar-refractivity contribution in [2.45, 2.75) is 39.5 Å². The van der Waals surface area contributed by atoms with Gasteiger partial charge in [-0.2, -0.15) is 0 Å². The predicted molar refractivity (Wildman–Crippen MR) is 141 cm³/mol. The summed E-state index contributed by atoms with van der Waals surface area (Å²) in [5, 5.41) is 14.1. The number of rotatable bonds is 11. The maximum atomic E-state index is 12.0. The van der Waals surface area contributed by atoms with E-state index in [1.165, 1.54) is 0 Å². The van der Waals surface area contributed by atoms with E-state index in [1.54, 1.807) is 0 Å². The van der Waals surface area contributed by atoms with Crippen LogP contribution in [0.3, 0.4) is 0 Å². The van der Waals surface area contributed by atoms with Crippen LogP contribution in [0, 0.1) is 6.92 Å². The molecular weight excluding hydrogens is 508 g/mol. The molecule has 0 amide bonds. The highest BCUT2D eigenvalue weighted by Gasteiger charge is 2.20. The van der Waals surface area contributed by atoms with E-state index >= 15 is 0 Å². The number of aromatic amines is 1. The zero-order valence-corrected chi connectivity index (χ0v) is 21.4. The maximum Gasteiger partial charge on any atom is 0.321 e. The van der Waals surface area contributed by atoms with E-state index < -0.39 is 12.0 Å². The molecule has 0 aliphatic rings. The van der Waals surface area contributed by atoms with Gasteiger partial charge in [0, 0.05) is 30.1 Å². The molecule has 1 aromatic heterocycles. The lowest BCUT2D eigenvalue weighted by molar-refractivity contribution is -0.139. The van der Waals surface area contributed by atoms with Crippen molar-refractivity contribution in [2.24, 2.45) is 0 Å². The lowest BCUT2D eigenvalue weighted by Crippen LogP contribution is -2.38. The number of carboxylic acid groups (broad SMARTS) is 1. The summed E-state index contributed by atoms with van der Waals surface area (Å²) in [5.74, 6) is 0.362. The first-order valence-corrected chi connectivity index (χ1v) is 12.4. The van der Waals surface area contributed by atoms with E-state index in [-0.39, 0.29) is 0 Å². The highest BCUT2D eigenvalue weighted by atomic mass is 79.9. The van der Waals surface area contributed by atoms with Crippen molar-refractivity contribution < 1.29 is 19.4 Å². The quantitative estimate of drug-likeness (QED) is 0.219. The molecule has 6 nitrogen and oxygen atoms in total. The van der Waals surface area contributed by atoms with Crippen molar-refractivity contribution in [3.05, 3.63) is 93.6 Å². The van der Waals surface area contributed by atoms with Crippen LogP contribution in [-0.2, 0) is 24.4 Å². The van der Waals surface area contributed by atoms with E-state index in [4.69, 9.17) is 9.47 Å². The number of aryl methyl sites for hydroxylation is 1. The van der Waals surface area contributed by atoms with Crippen LogP contribution in [-0.4, -0.2) is 28.7 Å². The van der Waals surface area contributed by atoms with Gasteiger partial charge in [-0.3, -0.25) is 4.79 Å². The molecule has 7 heteroatoms. The van der Waals surface area contributed by atoms with Crippen LogP contribution in [0.15, 0.2) is 71.3 Å². The molecule has 0 spiro atoms. The number of hydrogen-bond donors (Lipinski definition) is 3. The van der Waals surface area contributed by atoms with Crippen LogP contribution in [0.2, 0.25) is 0 Å². The molecule has 1 unspecified atom stereocenters. The molecule has 3 N–H and O–H groups in total. The van der Waals surface area contributed by atoms with Crippen LogP contribution >= 0.6 is 15.9 Å². The fourth-order valence-electron chi connectivity index (χ4n) is 4.06. The van der Waals surface area contributed by atoms with Gasteiger partial charge in [-0.05, 0) is 70.2 Å². The molecule has 4 aromatic rings. The number of H-pyrrole nitrogens is 1. The third-order valence-electron chi connectivity index (χ3n) is 5.95. The van der Waals surface area contributed by atoms with Gasteiger partial charge in [0.15, 0.2) is 11.5 Å². The molecule has 1 heterocycles. The Balaban J connectivity index is 1.48. The molecule has 182 valence electrons. The Morgan fingerprint density at radius 2 is 1.86 bits per heavy atom. The summed E-state index contributed by atoms with van der Waals surface area (Å²) in [6.45, 7) is 5.26. The smallest absolute Gasteiger partial charge is 0.321 e. The Labute approximate surface area is 213 Å². The van der Waals surface area contributed by atoms with E-state index in [2.05, 4.69) is 39.2 Å². The van der Waals surface area contributed by atoms with Crippen molar-refractivity contribution in [1.29, 1.82) is 0 Å². The molecular formula is C28H29BrN2O4. The Hall–Kier alpha value is -3.29. The molecule has 1 atom stereocenters. The summed E-state index contributed by atoms with van der Waals surface area (Å²) in [6.07, 6.45) is 2.25. The molecule has 0 radical (unpaired) electrons. The van der Waals surface area contributed by atoms with Crippen molar-refractivity contribution in [3.8, 4) is 11.5 Å². The number of hydrogen-bond acceptors (Lipinski definition) is 4. The minimum Gasteiger partial charge on any atom is -0.490 e. The second kappa shape index (κ2) is 11.4. The van der Waals surface area contributed by atoms with Gasteiger partial charge in [0.05, 0.1) is 11.1 Å². The summed E-state index contributed by atoms with van der Waals surface area (Å²) in [6, 6.07) is 19.1. The summed E-state index contributed by atoms with van der Waals surface area (Å²) in [5.41, 5.74) is 5.13. The Kier molecular flexibility index (Phi) is 8.10. The van der Waals surface area contributed by atoms with E-state index in [1.807, 2.05) is 67.7 Å². The van der Waals surface area contributed by atoms with Gasteiger partial charge in [-0.15, -0.1) is 0 Å². The van der Waals surface area contributed by atoms with Crippen LogP contribution in [0.25, 0.3) is 10.9 Å². The number of carboxylic acids is 1. The van der Waals surface area contributed by atoms with Gasteiger partial charge in [-0.1, -0.05) is 42.5 Å². The molecule has 35 heavy (non-hydrogen) atoms. The van der Waals surface area contributed by atoms with Gasteiger partial charge in [-0.25, -0.2) is 0 Å². The van der Waals surface area contributed by atoms with Crippen molar-refractivity contribution in [2.75, 3.05) is 6.61 Å². The Morgan fingerprint density at radius 1 is 1.09 bits per heavy atom. The third-order valence-corrected chi connectivity index (χ3v) is 6.54. The average Bonchev–Trinajstić information content (AvgIpc) is 3.25. The van der Waals surface area contributed by atoms with Crippen LogP contribution < -0.4 is 14.8 Å². The number of aromatic nitrogens is 1. The van der Waals surface area contributed by atoms with Gasteiger partial charge >= 0.3 is 5.97 Å². The van der Waals surface area contributed by atoms with E-state index in [0.717, 1.165) is 37.6 Å². The van der Waals surface area contributed by atoms with Gasteiger partial charge in [0.2, 0.25) is 0 Å². The number of para-hydroxylation sites is 1. The highest BCUT2D eigenvalue weighted by Crippen LogP contribution is 2.37. The van der Waals surface area contributed by atoms with Crippen molar-refractivity contribution >= 4 is 32.8 Å². The molecule has 0 saturated carbocycles. The number of aliphatic carboxylic acids is 1. The molecule has 0 saturated heterocycles. The zero-order chi connectivity index (χ0) is 24.8. The molecule has 0 fully saturated rings. The number of carbonyl (C=O) groups is 1. The van der Waals surface area contributed by atoms with Gasteiger partial charge < -0.3 is 24.9 Å². The van der Waals surface area contributed by atoms with Crippen molar-refractivity contribution in [3.63, 3.8) is 0 Å². The summed E-state index contributed by atoms with van der Waals surface area (Å²) in [4.78, 5) is 15.2. The standard InChI is InChI=1S/C28H29BrN2O4/c1-3-34-26-13-19(12-23(29)27(26)35-17-20-9-5-4-8-18(20)2)15-30-25(28(32)33)14-21-16-31-24-11-7-6-10-22(21)24/h4-13,16,25,30-31H,3,14-15,17H2,1-2H3,(H,32,33). The van der Waals surface area contributed by atoms with Crippen LogP contribution in [0.4, 0.5) is 0 Å². The SMILES string of the molecule is CCOc1cc(CNC(Cc2c[nH]c3ccccc23)C(=O)O)cc(Br)c1OCc1ccccc1C. The van der Waals surface area contributed by atoms with E-state index in [9.17, 15) is 9.90 Å². The first-order chi connectivity index (χ1) is 17.0. The monoisotopic (exact) mass is 536 g/mol. The lowest BCUT2D eigenvalue weighted by atomic mass is 10.0. The molecule has 4 rings (SSSR count). The summed E-state index contributed by atoms with van der Waals surface area (Å²) < 4.78 is 12.8. The zero-order valence-electron chi connectivity index (χ0n) is 19.8. The first kappa shape index (κ1) is 24.8. The largest absolute Gasteiger partial charge is 0.490 e. The van der Waals surface area contributed by atoms with Crippen LogP contribution in [0.5, 0.6) is 11.5 Å². The Bertz CT molecular complexity index is 1320. The van der Waals surface area contributed by atoms with Gasteiger partial charge in [0.1, 0.15) is 12.6 Å². The fraction of sp³-hybridized carbons (Fsp3) is 0.250. The maximum absolute atomic E-state index is 12.0. The third kappa shape index (κ3) is 6.05. The second-order valence-corrected chi connectivity index (χ2v) is 9.24. The highest BCUT2D eigenvalue weighted by molar-refractivity contribution is 9.10. The number of nitrogens with one attached hydrogen (secondary N) is 2. The van der Waals surface area contributed by atoms with Crippen LogP contribution in [0.1, 0.15) is 29.2 Å². The molecule has 3 aromatic carbocycles. The molecule has 0 aliphatic carbocycles. The van der Waals surface area contributed by atoms with Gasteiger partial charge in [0.25, 0.3) is 0 Å². The average molecular weight is 537 g/mol. The van der Waals surface area contributed by atoms with E-state index in [0.29, 0.717) is 37.7 Å². The summed E-state index contributed by atoms with van der Waals surface area (Å²) in [7, 11) is 0. The molecule has 0 bridgehead atoms. The fourth-order valence-corrected chi connectivity index (χ4v) is 4.66. The van der Waals surface area contributed by atoms with Crippen molar-refractivity contribution in [1.82, 2.24) is 10.3 Å². The topological polar surface area (TPSA) is 83.6 Å². The second-order valence-electron chi connectivity index (χ2n) is 8.39. The number of halogens is 1.